The van der Waals surface area contributed by atoms with E-state index in [2.05, 4.69) is 5.32 Å². The highest BCUT2D eigenvalue weighted by Crippen LogP contribution is 2.36. The highest BCUT2D eigenvalue weighted by atomic mass is 35.5. The van der Waals surface area contributed by atoms with Gasteiger partial charge in [0.15, 0.2) is 0 Å². The molecule has 0 aliphatic carbocycles. The number of rotatable bonds is 12. The molecule has 0 unspecified atom stereocenters. The van der Waals surface area contributed by atoms with Gasteiger partial charge in [-0.2, -0.15) is 13.2 Å². The Hall–Kier alpha value is -2.99. The van der Waals surface area contributed by atoms with Crippen molar-refractivity contribution in [3.8, 4) is 0 Å². The van der Waals surface area contributed by atoms with Crippen LogP contribution in [0.1, 0.15) is 30.0 Å². The number of sulfonamides is 1. The van der Waals surface area contributed by atoms with Gasteiger partial charge in [-0.1, -0.05) is 78.1 Å². The number of carbonyl (C=O) groups is 2. The van der Waals surface area contributed by atoms with Crippen LogP contribution < -0.4 is 9.62 Å². The fraction of sp³-hybridized carbons (Fsp3) is 0.310. The van der Waals surface area contributed by atoms with Gasteiger partial charge in [0.25, 0.3) is 0 Å². The van der Waals surface area contributed by atoms with Crippen molar-refractivity contribution in [2.45, 2.75) is 38.5 Å². The molecule has 0 aromatic heterocycles. The molecule has 0 bridgehead atoms. The third-order valence-electron chi connectivity index (χ3n) is 6.43. The van der Waals surface area contributed by atoms with Crippen LogP contribution in [0.25, 0.3) is 0 Å². The molecule has 3 aromatic carbocycles. The molecule has 232 valence electrons. The van der Waals surface area contributed by atoms with Gasteiger partial charge < -0.3 is 10.2 Å². The van der Waals surface area contributed by atoms with Gasteiger partial charge in [-0.15, -0.1) is 0 Å². The summed E-state index contributed by atoms with van der Waals surface area (Å²) in [5, 5.41) is 2.84. The molecule has 3 aromatic rings. The van der Waals surface area contributed by atoms with E-state index in [1.54, 1.807) is 48.5 Å². The number of hydrogen-bond acceptors (Lipinski definition) is 4. The number of anilines is 1. The number of halogens is 6. The van der Waals surface area contributed by atoms with Gasteiger partial charge in [-0.05, 0) is 42.3 Å². The van der Waals surface area contributed by atoms with Crippen LogP contribution in [0, 0.1) is 0 Å². The average Bonchev–Trinajstić information content (AvgIpc) is 2.93. The van der Waals surface area contributed by atoms with Gasteiger partial charge in [0.2, 0.25) is 21.8 Å². The van der Waals surface area contributed by atoms with Gasteiger partial charge in [0.1, 0.15) is 12.6 Å². The third kappa shape index (κ3) is 9.25. The van der Waals surface area contributed by atoms with Crippen LogP contribution in [0.5, 0.6) is 0 Å². The van der Waals surface area contributed by atoms with E-state index in [4.69, 9.17) is 34.8 Å². The molecule has 0 heterocycles. The first-order valence-electron chi connectivity index (χ1n) is 13.0. The van der Waals surface area contributed by atoms with Crippen molar-refractivity contribution in [1.82, 2.24) is 10.2 Å². The zero-order chi connectivity index (χ0) is 31.9. The summed E-state index contributed by atoms with van der Waals surface area (Å²) >= 11 is 19.0. The third-order valence-corrected chi connectivity index (χ3v) is 8.59. The molecule has 0 saturated carbocycles. The largest absolute Gasteiger partial charge is 0.416 e. The second kappa shape index (κ2) is 14.7. The topological polar surface area (TPSA) is 86.8 Å². The van der Waals surface area contributed by atoms with Gasteiger partial charge in [-0.25, -0.2) is 8.42 Å². The molecule has 0 spiro atoms. The molecular formula is C29H29Cl3F3N3O4S. The number of nitrogens with one attached hydrogen (secondary N) is 1. The Kier molecular flexibility index (Phi) is 11.8. The maximum absolute atomic E-state index is 14.1. The van der Waals surface area contributed by atoms with Crippen molar-refractivity contribution in [1.29, 1.82) is 0 Å². The second-order valence-corrected chi connectivity index (χ2v) is 12.8. The molecule has 2 amide bonds. The standard InChI is InChI=1S/C29H29Cl3F3N3O4S/c1-3-14-36-28(40)26(15-19-8-5-4-6-9-19)37(17-21-22(30)10-7-11-23(21)31)27(39)18-38(43(2,41)42)25-16-20(29(33,34)35)12-13-24(25)32/h4-13,16,26H,3,14-15,17-18H2,1-2H3,(H,36,40)/t26-/m0/s1. The first-order chi connectivity index (χ1) is 20.1. The lowest BCUT2D eigenvalue weighted by Gasteiger charge is -2.34. The minimum atomic E-state index is -4.81. The fourth-order valence-corrected chi connectivity index (χ4v) is 5.89. The van der Waals surface area contributed by atoms with Crippen molar-refractivity contribution in [2.24, 2.45) is 0 Å². The van der Waals surface area contributed by atoms with Crippen LogP contribution in [0.3, 0.4) is 0 Å². The minimum Gasteiger partial charge on any atom is -0.354 e. The van der Waals surface area contributed by atoms with E-state index in [0.29, 0.717) is 40.5 Å². The van der Waals surface area contributed by atoms with Crippen molar-refractivity contribution < 1.29 is 31.2 Å². The van der Waals surface area contributed by atoms with Gasteiger partial charge in [0.05, 0.1) is 22.5 Å². The minimum absolute atomic E-state index is 0.0351. The second-order valence-electron chi connectivity index (χ2n) is 9.65. The maximum atomic E-state index is 14.1. The van der Waals surface area contributed by atoms with Crippen LogP contribution >= 0.6 is 34.8 Å². The van der Waals surface area contributed by atoms with E-state index >= 15 is 0 Å². The maximum Gasteiger partial charge on any atom is 0.416 e. The number of nitrogens with zero attached hydrogens (tertiary/aromatic N) is 2. The SMILES string of the molecule is CCCNC(=O)[C@H](Cc1ccccc1)N(Cc1c(Cl)cccc1Cl)C(=O)CN(c1cc(C(F)(F)F)ccc1Cl)S(C)(=O)=O. The zero-order valence-corrected chi connectivity index (χ0v) is 26.3. The average molecular weight is 679 g/mol. The predicted octanol–water partition coefficient (Wildman–Crippen LogP) is 6.60. The van der Waals surface area contributed by atoms with Crippen molar-refractivity contribution >= 4 is 62.3 Å². The lowest BCUT2D eigenvalue weighted by Crippen LogP contribution is -2.53. The van der Waals surface area contributed by atoms with E-state index in [1.807, 2.05) is 6.92 Å². The molecule has 0 fully saturated rings. The smallest absolute Gasteiger partial charge is 0.354 e. The quantitative estimate of drug-likeness (QED) is 0.234. The summed E-state index contributed by atoms with van der Waals surface area (Å²) in [7, 11) is -4.36. The van der Waals surface area contributed by atoms with Crippen molar-refractivity contribution in [3.63, 3.8) is 0 Å². The highest BCUT2D eigenvalue weighted by Gasteiger charge is 2.36. The molecule has 43 heavy (non-hydrogen) atoms. The van der Waals surface area contributed by atoms with E-state index in [-0.39, 0.29) is 28.0 Å². The lowest BCUT2D eigenvalue weighted by atomic mass is 10.0. The van der Waals surface area contributed by atoms with Gasteiger partial charge >= 0.3 is 6.18 Å². The van der Waals surface area contributed by atoms with Crippen LogP contribution in [-0.4, -0.2) is 50.5 Å². The lowest BCUT2D eigenvalue weighted by molar-refractivity contribution is -0.140. The number of carbonyl (C=O) groups excluding carboxylic acids is 2. The normalized spacial score (nSPS) is 12.5. The summed E-state index contributed by atoms with van der Waals surface area (Å²) in [6.45, 7) is 0.882. The molecule has 1 N–H and O–H groups in total. The van der Waals surface area contributed by atoms with Gasteiger partial charge in [0, 0.05) is 35.1 Å². The van der Waals surface area contributed by atoms with E-state index in [9.17, 15) is 31.2 Å². The van der Waals surface area contributed by atoms with Gasteiger partial charge in [-0.3, -0.25) is 13.9 Å². The summed E-state index contributed by atoms with van der Waals surface area (Å²) in [6.07, 6.45) is -3.43. The number of amides is 2. The number of alkyl halides is 3. The Morgan fingerprint density at radius 2 is 1.56 bits per heavy atom. The van der Waals surface area contributed by atoms with E-state index < -0.39 is 51.9 Å². The molecule has 0 radical (unpaired) electrons. The molecule has 0 aliphatic heterocycles. The Balaban J connectivity index is 2.15. The molecule has 7 nitrogen and oxygen atoms in total. The fourth-order valence-electron chi connectivity index (χ4n) is 4.25. The van der Waals surface area contributed by atoms with E-state index in [0.717, 1.165) is 17.2 Å². The summed E-state index contributed by atoms with van der Waals surface area (Å²) < 4.78 is 66.8. The Morgan fingerprint density at radius 3 is 2.12 bits per heavy atom. The summed E-state index contributed by atoms with van der Waals surface area (Å²) in [4.78, 5) is 28.7. The molecule has 14 heteroatoms. The Labute approximate surface area is 263 Å². The molecule has 1 atom stereocenters. The summed E-state index contributed by atoms with van der Waals surface area (Å²) in [5.41, 5.74) is -0.710. The summed E-state index contributed by atoms with van der Waals surface area (Å²) in [6, 6.07) is 14.5. The Morgan fingerprint density at radius 1 is 0.930 bits per heavy atom. The van der Waals surface area contributed by atoms with Crippen LogP contribution in [0.4, 0.5) is 18.9 Å². The first kappa shape index (κ1) is 34.5. The number of hydrogen-bond donors (Lipinski definition) is 1. The van der Waals surface area contributed by atoms with Crippen LogP contribution in [-0.2, 0) is 38.8 Å². The van der Waals surface area contributed by atoms with E-state index in [1.165, 1.54) is 0 Å². The molecule has 3 rings (SSSR count). The zero-order valence-electron chi connectivity index (χ0n) is 23.2. The Bertz CT molecular complexity index is 1540. The van der Waals surface area contributed by atoms with Crippen LogP contribution in [0.2, 0.25) is 15.1 Å². The number of benzene rings is 3. The predicted molar refractivity (Wildman–Crippen MR) is 163 cm³/mol. The molecule has 0 saturated heterocycles. The highest BCUT2D eigenvalue weighted by molar-refractivity contribution is 7.92. The first-order valence-corrected chi connectivity index (χ1v) is 16.0. The summed E-state index contributed by atoms with van der Waals surface area (Å²) in [5.74, 6) is -1.42. The van der Waals surface area contributed by atoms with Crippen molar-refractivity contribution in [3.05, 3.63) is 98.5 Å². The molecular weight excluding hydrogens is 650 g/mol. The van der Waals surface area contributed by atoms with Crippen LogP contribution in [0.15, 0.2) is 66.7 Å². The molecule has 0 aliphatic rings. The monoisotopic (exact) mass is 677 g/mol. The van der Waals surface area contributed by atoms with Crippen molar-refractivity contribution in [2.75, 3.05) is 23.7 Å².